The van der Waals surface area contributed by atoms with Gasteiger partial charge in [0.05, 0.1) is 5.75 Å². The molecule has 1 unspecified atom stereocenters. The summed E-state index contributed by atoms with van der Waals surface area (Å²) >= 11 is 0. The van der Waals surface area contributed by atoms with Gasteiger partial charge in [0.25, 0.3) is 0 Å². The predicted molar refractivity (Wildman–Crippen MR) is 47.2 cm³/mol. The minimum atomic E-state index is -2.81. The van der Waals surface area contributed by atoms with Crippen molar-refractivity contribution >= 4 is 9.84 Å². The molecule has 0 aromatic rings. The van der Waals surface area contributed by atoms with Gasteiger partial charge >= 0.3 is 0 Å². The third-order valence-electron chi connectivity index (χ3n) is 1.40. The summed E-state index contributed by atoms with van der Waals surface area (Å²) in [6, 6.07) is -0.0124. The van der Waals surface area contributed by atoms with E-state index in [2.05, 4.69) is 0 Å². The van der Waals surface area contributed by atoms with Crippen LogP contribution in [0.1, 0.15) is 26.7 Å². The molecular formula is C7H17NO2S. The maximum Gasteiger partial charge on any atom is 0.150 e. The van der Waals surface area contributed by atoms with Gasteiger partial charge in [-0.05, 0) is 19.8 Å². The summed E-state index contributed by atoms with van der Waals surface area (Å²) in [5.74, 6) is 0.526. The lowest BCUT2D eigenvalue weighted by Gasteiger charge is -2.04. The molecule has 1 atom stereocenters. The highest BCUT2D eigenvalue weighted by Crippen LogP contribution is 1.98. The number of rotatable bonds is 5. The molecule has 11 heavy (non-hydrogen) atoms. The Bertz CT molecular complexity index is 185. The lowest BCUT2D eigenvalue weighted by atomic mass is 10.3. The Morgan fingerprint density at radius 2 is 1.91 bits per heavy atom. The van der Waals surface area contributed by atoms with Crippen LogP contribution in [0.25, 0.3) is 0 Å². The maximum atomic E-state index is 11.1. The van der Waals surface area contributed by atoms with Gasteiger partial charge in [-0.3, -0.25) is 0 Å². The summed E-state index contributed by atoms with van der Waals surface area (Å²) in [6.45, 7) is 3.69. The summed E-state index contributed by atoms with van der Waals surface area (Å²) in [6.07, 6.45) is 1.27. The van der Waals surface area contributed by atoms with Gasteiger partial charge in [0.1, 0.15) is 9.84 Å². The van der Waals surface area contributed by atoms with Crippen LogP contribution < -0.4 is 5.73 Å². The van der Waals surface area contributed by atoms with Crippen LogP contribution in [0.2, 0.25) is 0 Å². The summed E-state index contributed by atoms with van der Waals surface area (Å²) in [4.78, 5) is 0. The predicted octanol–water partition coefficient (Wildman–Crippen LogP) is 0.549. The van der Waals surface area contributed by atoms with Crippen LogP contribution in [0, 0.1) is 0 Å². The summed E-state index contributed by atoms with van der Waals surface area (Å²) in [7, 11) is -2.81. The molecule has 0 aliphatic rings. The fraction of sp³-hybridized carbons (Fsp3) is 1.00. The van der Waals surface area contributed by atoms with E-state index in [0.29, 0.717) is 18.6 Å². The van der Waals surface area contributed by atoms with Crippen molar-refractivity contribution in [2.75, 3.05) is 11.5 Å². The Hall–Kier alpha value is -0.0900. The Balaban J connectivity index is 3.74. The molecule has 0 saturated heterocycles. The second-order valence-electron chi connectivity index (χ2n) is 2.92. The van der Waals surface area contributed by atoms with Crippen LogP contribution in [0.4, 0.5) is 0 Å². The van der Waals surface area contributed by atoms with Crippen LogP contribution in [-0.2, 0) is 9.84 Å². The van der Waals surface area contributed by atoms with Crippen molar-refractivity contribution < 1.29 is 8.42 Å². The zero-order chi connectivity index (χ0) is 8.91. The highest BCUT2D eigenvalue weighted by molar-refractivity contribution is 7.91. The molecule has 0 bridgehead atoms. The van der Waals surface area contributed by atoms with Gasteiger partial charge in [-0.2, -0.15) is 0 Å². The van der Waals surface area contributed by atoms with Crippen molar-refractivity contribution in [1.82, 2.24) is 0 Å². The van der Waals surface area contributed by atoms with E-state index >= 15 is 0 Å². The van der Waals surface area contributed by atoms with Crippen LogP contribution in [0.15, 0.2) is 0 Å². The van der Waals surface area contributed by atoms with E-state index < -0.39 is 9.84 Å². The quantitative estimate of drug-likeness (QED) is 0.670. The van der Waals surface area contributed by atoms with E-state index in [-0.39, 0.29) is 11.8 Å². The highest BCUT2D eigenvalue weighted by atomic mass is 32.2. The van der Waals surface area contributed by atoms with E-state index in [1.807, 2.05) is 13.8 Å². The first-order chi connectivity index (χ1) is 4.98. The highest BCUT2D eigenvalue weighted by Gasteiger charge is 2.09. The summed E-state index contributed by atoms with van der Waals surface area (Å²) in [5, 5.41) is 0. The molecular weight excluding hydrogens is 162 g/mol. The van der Waals surface area contributed by atoms with Gasteiger partial charge in [0.15, 0.2) is 0 Å². The zero-order valence-corrected chi connectivity index (χ0v) is 8.02. The van der Waals surface area contributed by atoms with Crippen LogP contribution >= 0.6 is 0 Å². The van der Waals surface area contributed by atoms with Crippen molar-refractivity contribution in [3.05, 3.63) is 0 Å². The summed E-state index contributed by atoms with van der Waals surface area (Å²) < 4.78 is 22.2. The maximum absolute atomic E-state index is 11.1. The fourth-order valence-corrected chi connectivity index (χ4v) is 2.34. The smallest absolute Gasteiger partial charge is 0.150 e. The van der Waals surface area contributed by atoms with Gasteiger partial charge in [0, 0.05) is 11.8 Å². The lowest BCUT2D eigenvalue weighted by molar-refractivity contribution is 0.586. The minimum absolute atomic E-state index is 0.0124. The molecule has 0 rings (SSSR count). The topological polar surface area (TPSA) is 60.2 Å². The zero-order valence-electron chi connectivity index (χ0n) is 7.21. The third kappa shape index (κ3) is 6.31. The molecule has 2 N–H and O–H groups in total. The van der Waals surface area contributed by atoms with E-state index in [1.54, 1.807) is 0 Å². The standard InChI is InChI=1S/C7H17NO2S/c1-3-5-11(9,10)6-4-7(2)8/h7H,3-6,8H2,1-2H3. The van der Waals surface area contributed by atoms with Crippen LogP contribution in [0.3, 0.4) is 0 Å². The number of sulfone groups is 1. The van der Waals surface area contributed by atoms with E-state index in [1.165, 1.54) is 0 Å². The van der Waals surface area contributed by atoms with Crippen molar-refractivity contribution in [3.63, 3.8) is 0 Å². The number of hydrogen-bond acceptors (Lipinski definition) is 3. The normalized spacial score (nSPS) is 14.8. The van der Waals surface area contributed by atoms with Gasteiger partial charge in [-0.15, -0.1) is 0 Å². The van der Waals surface area contributed by atoms with Crippen molar-refractivity contribution in [2.24, 2.45) is 5.73 Å². The van der Waals surface area contributed by atoms with E-state index in [9.17, 15) is 8.42 Å². The van der Waals surface area contributed by atoms with E-state index in [0.717, 1.165) is 0 Å². The second kappa shape index (κ2) is 4.72. The number of hydrogen-bond donors (Lipinski definition) is 1. The Labute approximate surface area is 68.9 Å². The Kier molecular flexibility index (Phi) is 4.68. The molecule has 0 fully saturated rings. The number of nitrogens with two attached hydrogens (primary N) is 1. The molecule has 0 aliphatic carbocycles. The van der Waals surface area contributed by atoms with Gasteiger partial charge < -0.3 is 5.73 Å². The first-order valence-corrected chi connectivity index (χ1v) is 5.76. The van der Waals surface area contributed by atoms with Crippen LogP contribution in [-0.4, -0.2) is 26.0 Å². The molecule has 0 saturated carbocycles. The molecule has 0 amide bonds. The SMILES string of the molecule is CCCS(=O)(=O)CCC(C)N. The Morgan fingerprint density at radius 1 is 1.36 bits per heavy atom. The molecule has 0 heterocycles. The van der Waals surface area contributed by atoms with Crippen molar-refractivity contribution in [2.45, 2.75) is 32.7 Å². The van der Waals surface area contributed by atoms with Crippen molar-refractivity contribution in [3.8, 4) is 0 Å². The molecule has 0 aromatic carbocycles. The molecule has 0 aliphatic heterocycles. The third-order valence-corrected chi connectivity index (χ3v) is 3.29. The second-order valence-corrected chi connectivity index (χ2v) is 5.22. The van der Waals surface area contributed by atoms with Crippen molar-refractivity contribution in [1.29, 1.82) is 0 Å². The molecule has 3 nitrogen and oxygen atoms in total. The lowest BCUT2D eigenvalue weighted by Crippen LogP contribution is -2.21. The first kappa shape index (κ1) is 10.9. The van der Waals surface area contributed by atoms with Gasteiger partial charge in [0.2, 0.25) is 0 Å². The Morgan fingerprint density at radius 3 is 2.27 bits per heavy atom. The van der Waals surface area contributed by atoms with E-state index in [4.69, 9.17) is 5.73 Å². The molecule has 4 heteroatoms. The van der Waals surface area contributed by atoms with Gasteiger partial charge in [-0.25, -0.2) is 8.42 Å². The largest absolute Gasteiger partial charge is 0.328 e. The average Bonchev–Trinajstić information content (AvgIpc) is 1.84. The fourth-order valence-electron chi connectivity index (χ4n) is 0.779. The van der Waals surface area contributed by atoms with Crippen LogP contribution in [0.5, 0.6) is 0 Å². The molecule has 0 spiro atoms. The van der Waals surface area contributed by atoms with Gasteiger partial charge in [-0.1, -0.05) is 6.92 Å². The average molecular weight is 179 g/mol. The summed E-state index contributed by atoms with van der Waals surface area (Å²) in [5.41, 5.74) is 5.43. The molecule has 68 valence electrons. The molecule has 0 aromatic heterocycles. The first-order valence-electron chi connectivity index (χ1n) is 3.94. The monoisotopic (exact) mass is 179 g/mol. The minimum Gasteiger partial charge on any atom is -0.328 e. The molecule has 0 radical (unpaired) electrons.